The molecular formula is C9H18N2O2. The predicted octanol–water partition coefficient (Wildman–Crippen LogP) is -0.389. The summed E-state index contributed by atoms with van der Waals surface area (Å²) in [6.07, 6.45) is 2.41. The molecule has 0 aromatic heterocycles. The third kappa shape index (κ3) is 3.32. The van der Waals surface area contributed by atoms with Gasteiger partial charge in [0.15, 0.2) is 0 Å². The monoisotopic (exact) mass is 186 g/mol. The summed E-state index contributed by atoms with van der Waals surface area (Å²) in [4.78, 5) is 11.2. The summed E-state index contributed by atoms with van der Waals surface area (Å²) in [7, 11) is 0. The Labute approximate surface area is 78.5 Å². The predicted molar refractivity (Wildman–Crippen MR) is 50.0 cm³/mol. The molecule has 0 bridgehead atoms. The second-order valence-corrected chi connectivity index (χ2v) is 3.66. The van der Waals surface area contributed by atoms with Crippen molar-refractivity contribution in [2.24, 2.45) is 11.7 Å². The van der Waals surface area contributed by atoms with E-state index in [2.05, 4.69) is 5.32 Å². The van der Waals surface area contributed by atoms with E-state index in [-0.39, 0.29) is 12.0 Å². The highest BCUT2D eigenvalue weighted by Crippen LogP contribution is 2.32. The Kier molecular flexibility index (Phi) is 3.69. The van der Waals surface area contributed by atoms with E-state index in [0.717, 1.165) is 12.8 Å². The lowest BCUT2D eigenvalue weighted by Gasteiger charge is -2.13. The Morgan fingerprint density at radius 3 is 2.77 bits per heavy atom. The zero-order chi connectivity index (χ0) is 9.84. The average molecular weight is 186 g/mol. The van der Waals surface area contributed by atoms with Crippen LogP contribution >= 0.6 is 0 Å². The van der Waals surface area contributed by atoms with E-state index in [1.807, 2.05) is 6.92 Å². The zero-order valence-corrected chi connectivity index (χ0v) is 7.99. The van der Waals surface area contributed by atoms with Crippen molar-refractivity contribution in [1.29, 1.82) is 0 Å². The number of aliphatic hydroxyl groups is 1. The van der Waals surface area contributed by atoms with Gasteiger partial charge in [-0.2, -0.15) is 0 Å². The third-order valence-electron chi connectivity index (χ3n) is 2.43. The first-order chi connectivity index (χ1) is 6.15. The van der Waals surface area contributed by atoms with Gasteiger partial charge in [0.1, 0.15) is 0 Å². The van der Waals surface area contributed by atoms with Crippen molar-refractivity contribution in [3.05, 3.63) is 0 Å². The minimum Gasteiger partial charge on any atom is -0.391 e. The van der Waals surface area contributed by atoms with E-state index in [1.165, 1.54) is 0 Å². The lowest BCUT2D eigenvalue weighted by Crippen LogP contribution is -2.43. The van der Waals surface area contributed by atoms with Gasteiger partial charge in [0.2, 0.25) is 5.91 Å². The highest BCUT2D eigenvalue weighted by molar-refractivity contribution is 5.81. The van der Waals surface area contributed by atoms with Crippen molar-refractivity contribution in [3.8, 4) is 0 Å². The molecule has 1 saturated carbocycles. The van der Waals surface area contributed by atoms with Gasteiger partial charge in [0, 0.05) is 6.54 Å². The summed E-state index contributed by atoms with van der Waals surface area (Å²) in [5.41, 5.74) is 5.50. The van der Waals surface area contributed by atoms with Gasteiger partial charge in [0.05, 0.1) is 12.1 Å². The number of hydrogen-bond acceptors (Lipinski definition) is 3. The maximum atomic E-state index is 11.2. The second-order valence-electron chi connectivity index (χ2n) is 3.66. The van der Waals surface area contributed by atoms with Crippen LogP contribution in [-0.4, -0.2) is 29.7 Å². The molecule has 0 radical (unpaired) electrons. The van der Waals surface area contributed by atoms with Crippen LogP contribution in [0.25, 0.3) is 0 Å². The molecule has 0 spiro atoms. The molecule has 4 nitrogen and oxygen atoms in total. The molecule has 4 heteroatoms. The summed E-state index contributed by atoms with van der Waals surface area (Å²) >= 11 is 0. The number of carbonyl (C=O) groups excluding carboxylic acids is 1. The van der Waals surface area contributed by atoms with E-state index < -0.39 is 6.04 Å². The van der Waals surface area contributed by atoms with E-state index in [9.17, 15) is 9.90 Å². The highest BCUT2D eigenvalue weighted by Gasteiger charge is 2.29. The minimum atomic E-state index is -0.439. The quantitative estimate of drug-likeness (QED) is 0.547. The van der Waals surface area contributed by atoms with E-state index in [1.54, 1.807) is 0 Å². The second kappa shape index (κ2) is 4.58. The number of aliphatic hydroxyl groups excluding tert-OH is 1. The van der Waals surface area contributed by atoms with Crippen LogP contribution in [0.3, 0.4) is 0 Å². The topological polar surface area (TPSA) is 75.4 Å². The van der Waals surface area contributed by atoms with Gasteiger partial charge in [-0.05, 0) is 25.2 Å². The summed E-state index contributed by atoms with van der Waals surface area (Å²) in [5.74, 6) is 0.236. The van der Waals surface area contributed by atoms with Crippen LogP contribution in [-0.2, 0) is 4.79 Å². The van der Waals surface area contributed by atoms with Gasteiger partial charge in [0.25, 0.3) is 0 Å². The average Bonchev–Trinajstić information content (AvgIpc) is 2.95. The van der Waals surface area contributed by atoms with Crippen LogP contribution < -0.4 is 11.1 Å². The number of carbonyl (C=O) groups is 1. The molecule has 0 aliphatic heterocycles. The molecule has 13 heavy (non-hydrogen) atoms. The summed E-state index contributed by atoms with van der Waals surface area (Å²) in [6, 6.07) is -0.439. The van der Waals surface area contributed by atoms with Gasteiger partial charge in [-0.15, -0.1) is 0 Å². The minimum absolute atomic E-state index is 0.165. The van der Waals surface area contributed by atoms with Crippen molar-refractivity contribution in [2.45, 2.75) is 38.3 Å². The molecule has 2 atom stereocenters. The Morgan fingerprint density at radius 2 is 2.31 bits per heavy atom. The first-order valence-electron chi connectivity index (χ1n) is 4.86. The van der Waals surface area contributed by atoms with Crippen molar-refractivity contribution in [1.82, 2.24) is 5.32 Å². The molecule has 1 aliphatic carbocycles. The maximum Gasteiger partial charge on any atom is 0.236 e. The smallest absolute Gasteiger partial charge is 0.236 e. The Balaban J connectivity index is 2.13. The van der Waals surface area contributed by atoms with Gasteiger partial charge in [-0.25, -0.2) is 0 Å². The zero-order valence-electron chi connectivity index (χ0n) is 7.99. The summed E-state index contributed by atoms with van der Waals surface area (Å²) in [5, 5.41) is 12.1. The summed E-state index contributed by atoms with van der Waals surface area (Å²) < 4.78 is 0. The third-order valence-corrected chi connectivity index (χ3v) is 2.43. The molecule has 1 amide bonds. The first-order valence-corrected chi connectivity index (χ1v) is 4.86. The molecule has 0 saturated heterocycles. The van der Waals surface area contributed by atoms with E-state index in [0.29, 0.717) is 18.9 Å². The molecule has 1 aliphatic rings. The fourth-order valence-electron chi connectivity index (χ4n) is 1.17. The maximum absolute atomic E-state index is 11.2. The van der Waals surface area contributed by atoms with Crippen LogP contribution in [0.4, 0.5) is 0 Å². The first kappa shape index (κ1) is 10.5. The Bertz CT molecular complexity index is 180. The molecule has 76 valence electrons. The SMILES string of the molecule is CC[C@@H](N)C(=O)NCC(O)C1CC1. The van der Waals surface area contributed by atoms with Crippen molar-refractivity contribution in [3.63, 3.8) is 0 Å². The van der Waals surface area contributed by atoms with Crippen LogP contribution in [0.2, 0.25) is 0 Å². The van der Waals surface area contributed by atoms with Crippen LogP contribution in [0.15, 0.2) is 0 Å². The fourth-order valence-corrected chi connectivity index (χ4v) is 1.17. The number of nitrogens with two attached hydrogens (primary N) is 1. The summed E-state index contributed by atoms with van der Waals surface area (Å²) in [6.45, 7) is 2.21. The van der Waals surface area contributed by atoms with Crippen LogP contribution in [0.5, 0.6) is 0 Å². The van der Waals surface area contributed by atoms with E-state index >= 15 is 0 Å². The highest BCUT2D eigenvalue weighted by atomic mass is 16.3. The van der Waals surface area contributed by atoms with Crippen LogP contribution in [0.1, 0.15) is 26.2 Å². The molecular weight excluding hydrogens is 168 g/mol. The molecule has 0 heterocycles. The van der Waals surface area contributed by atoms with Crippen LogP contribution in [0, 0.1) is 5.92 Å². The number of amides is 1. The molecule has 4 N–H and O–H groups in total. The number of hydrogen-bond donors (Lipinski definition) is 3. The molecule has 0 aromatic carbocycles. The normalized spacial score (nSPS) is 20.8. The lowest BCUT2D eigenvalue weighted by molar-refractivity contribution is -0.122. The molecule has 1 unspecified atom stereocenters. The largest absolute Gasteiger partial charge is 0.391 e. The fraction of sp³-hybridized carbons (Fsp3) is 0.889. The Morgan fingerprint density at radius 1 is 1.69 bits per heavy atom. The Hall–Kier alpha value is -0.610. The standard InChI is InChI=1S/C9H18N2O2/c1-2-7(10)9(13)11-5-8(12)6-3-4-6/h6-8,12H,2-5,10H2,1H3,(H,11,13)/t7-,8?/m1/s1. The lowest BCUT2D eigenvalue weighted by atomic mass is 10.2. The van der Waals surface area contributed by atoms with Gasteiger partial charge in [-0.1, -0.05) is 6.92 Å². The molecule has 1 fully saturated rings. The van der Waals surface area contributed by atoms with Crippen molar-refractivity contribution < 1.29 is 9.90 Å². The van der Waals surface area contributed by atoms with Crippen molar-refractivity contribution in [2.75, 3.05) is 6.54 Å². The molecule has 0 aromatic rings. The van der Waals surface area contributed by atoms with Gasteiger partial charge < -0.3 is 16.2 Å². The number of nitrogens with one attached hydrogen (secondary N) is 1. The van der Waals surface area contributed by atoms with E-state index in [4.69, 9.17) is 5.73 Å². The van der Waals surface area contributed by atoms with Crippen molar-refractivity contribution >= 4 is 5.91 Å². The number of rotatable bonds is 5. The van der Waals surface area contributed by atoms with Gasteiger partial charge in [-0.3, -0.25) is 4.79 Å². The van der Waals surface area contributed by atoms with Gasteiger partial charge >= 0.3 is 0 Å². The molecule has 1 rings (SSSR count).